The molecule has 232 valence electrons. The molecule has 2 heterocycles. The van der Waals surface area contributed by atoms with Crippen molar-refractivity contribution in [1.29, 1.82) is 0 Å². The minimum Gasteiger partial charge on any atom is -0.351 e. The van der Waals surface area contributed by atoms with Crippen LogP contribution in [0.1, 0.15) is 61.2 Å². The summed E-state index contributed by atoms with van der Waals surface area (Å²) < 4.78 is 73.6. The Morgan fingerprint density at radius 3 is 2.20 bits per heavy atom. The lowest BCUT2D eigenvalue weighted by molar-refractivity contribution is -0.137. The number of halogens is 5. The molecule has 1 aromatic heterocycles. The third kappa shape index (κ3) is 5.68. The number of amides is 2. The third-order valence-electron chi connectivity index (χ3n) is 8.47. The van der Waals surface area contributed by atoms with Gasteiger partial charge in [0.05, 0.1) is 28.3 Å². The van der Waals surface area contributed by atoms with Gasteiger partial charge < -0.3 is 11.1 Å². The SMILES string of the molecule is CCc1cccc(CC)c1-n1nc2c(c1-c1cc(F)c(NC(N)=O)cc1F)CN(C(C)(C)c1cccc(C(F)(F)F)c1)CC2. The van der Waals surface area contributed by atoms with Gasteiger partial charge in [-0.25, -0.2) is 18.3 Å². The average Bonchev–Trinajstić information content (AvgIpc) is 3.35. The van der Waals surface area contributed by atoms with E-state index in [1.165, 1.54) is 6.07 Å². The molecule has 0 aliphatic carbocycles. The van der Waals surface area contributed by atoms with Gasteiger partial charge in [-0.2, -0.15) is 18.3 Å². The molecule has 2 amide bonds. The van der Waals surface area contributed by atoms with Crippen molar-refractivity contribution in [3.05, 3.63) is 99.7 Å². The number of urea groups is 1. The van der Waals surface area contributed by atoms with Gasteiger partial charge >= 0.3 is 12.2 Å². The maximum atomic E-state index is 15.9. The smallest absolute Gasteiger partial charge is 0.351 e. The maximum absolute atomic E-state index is 15.9. The number of nitrogens with one attached hydrogen (secondary N) is 1. The number of alkyl halides is 3. The number of hydrogen-bond acceptors (Lipinski definition) is 3. The van der Waals surface area contributed by atoms with E-state index in [0.29, 0.717) is 48.3 Å². The van der Waals surface area contributed by atoms with E-state index in [1.54, 1.807) is 10.7 Å². The van der Waals surface area contributed by atoms with Gasteiger partial charge in [0.15, 0.2) is 0 Å². The Balaban J connectivity index is 1.70. The van der Waals surface area contributed by atoms with E-state index in [-0.39, 0.29) is 12.1 Å². The third-order valence-corrected chi connectivity index (χ3v) is 8.47. The second-order valence-electron chi connectivity index (χ2n) is 11.4. The Kier molecular flexibility index (Phi) is 8.28. The van der Waals surface area contributed by atoms with Gasteiger partial charge in [-0.15, -0.1) is 0 Å². The normalized spacial score (nSPS) is 14.0. The van der Waals surface area contributed by atoms with Crippen molar-refractivity contribution in [2.75, 3.05) is 11.9 Å². The first kappa shape index (κ1) is 31.2. The molecule has 0 saturated carbocycles. The van der Waals surface area contributed by atoms with Gasteiger partial charge in [0.2, 0.25) is 0 Å². The number of nitrogens with zero attached hydrogens (tertiary/aromatic N) is 3. The van der Waals surface area contributed by atoms with E-state index in [1.807, 2.05) is 50.8 Å². The van der Waals surface area contributed by atoms with Crippen LogP contribution in [0, 0.1) is 11.6 Å². The molecule has 6 nitrogen and oxygen atoms in total. The highest BCUT2D eigenvalue weighted by atomic mass is 19.4. The Morgan fingerprint density at radius 1 is 0.955 bits per heavy atom. The van der Waals surface area contributed by atoms with E-state index in [2.05, 4.69) is 5.32 Å². The van der Waals surface area contributed by atoms with Crippen LogP contribution in [-0.4, -0.2) is 27.3 Å². The number of nitrogens with two attached hydrogens (primary N) is 1. The van der Waals surface area contributed by atoms with Crippen molar-refractivity contribution >= 4 is 11.7 Å². The summed E-state index contributed by atoms with van der Waals surface area (Å²) in [4.78, 5) is 13.4. The maximum Gasteiger partial charge on any atom is 0.416 e. The molecule has 0 bridgehead atoms. The molecule has 0 unspecified atom stereocenters. The van der Waals surface area contributed by atoms with Crippen molar-refractivity contribution in [2.45, 2.75) is 65.2 Å². The Hall–Kier alpha value is -4.25. The van der Waals surface area contributed by atoms with Crippen molar-refractivity contribution < 1.29 is 26.7 Å². The summed E-state index contributed by atoms with van der Waals surface area (Å²) in [6.45, 7) is 8.43. The number of carbonyl (C=O) groups excluding carboxylic acids is 1. The predicted molar refractivity (Wildman–Crippen MR) is 159 cm³/mol. The lowest BCUT2D eigenvalue weighted by atomic mass is 9.88. The largest absolute Gasteiger partial charge is 0.416 e. The van der Waals surface area contributed by atoms with E-state index in [4.69, 9.17) is 10.8 Å². The van der Waals surface area contributed by atoms with Crippen LogP contribution in [-0.2, 0) is 37.5 Å². The lowest BCUT2D eigenvalue weighted by Gasteiger charge is -2.41. The molecule has 0 spiro atoms. The number of anilines is 1. The summed E-state index contributed by atoms with van der Waals surface area (Å²) in [6.07, 6.45) is -2.71. The number of aromatic nitrogens is 2. The number of carbonyl (C=O) groups is 1. The summed E-state index contributed by atoms with van der Waals surface area (Å²) >= 11 is 0. The van der Waals surface area contributed by atoms with Crippen LogP contribution < -0.4 is 11.1 Å². The standard InChI is InChI=1S/C33H34F5N5O/c1-5-19-9-7-10-20(6-2)29(19)43-30(23-16-26(35)28(17-25(23)34)40-31(39)44)24-18-42(14-13-27(24)41-43)32(3,4)21-11-8-12-22(15-21)33(36,37)38/h7-12,15-17H,5-6,13-14,18H2,1-4H3,(H3,39,40,44). The second kappa shape index (κ2) is 11.7. The first-order chi connectivity index (χ1) is 20.8. The molecule has 0 atom stereocenters. The fourth-order valence-electron chi connectivity index (χ4n) is 5.99. The number of primary amides is 1. The number of fused-ring (bicyclic) bond motifs is 1. The van der Waals surface area contributed by atoms with Gasteiger partial charge in [-0.1, -0.05) is 44.2 Å². The van der Waals surface area contributed by atoms with E-state index in [9.17, 15) is 18.0 Å². The van der Waals surface area contributed by atoms with Gasteiger partial charge in [0.1, 0.15) is 11.6 Å². The Bertz CT molecular complexity index is 1700. The quantitative estimate of drug-likeness (QED) is 0.210. The summed E-state index contributed by atoms with van der Waals surface area (Å²) in [7, 11) is 0. The summed E-state index contributed by atoms with van der Waals surface area (Å²) in [5.74, 6) is -1.67. The summed E-state index contributed by atoms with van der Waals surface area (Å²) in [5, 5.41) is 7.06. The van der Waals surface area contributed by atoms with Gasteiger partial charge in [-0.3, -0.25) is 4.90 Å². The molecule has 0 radical (unpaired) electrons. The highest BCUT2D eigenvalue weighted by molar-refractivity contribution is 5.88. The molecule has 0 saturated heterocycles. The number of benzene rings is 3. The minimum absolute atomic E-state index is 0.0574. The molecule has 3 aromatic carbocycles. The number of para-hydroxylation sites is 1. The van der Waals surface area contributed by atoms with Gasteiger partial charge in [0, 0.05) is 42.2 Å². The van der Waals surface area contributed by atoms with Crippen LogP contribution in [0.3, 0.4) is 0 Å². The Labute approximate surface area is 252 Å². The zero-order valence-electron chi connectivity index (χ0n) is 24.9. The van der Waals surface area contributed by atoms with Crippen molar-refractivity contribution in [3.8, 4) is 16.9 Å². The monoisotopic (exact) mass is 611 g/mol. The van der Waals surface area contributed by atoms with Crippen molar-refractivity contribution in [3.63, 3.8) is 0 Å². The fraction of sp³-hybridized carbons (Fsp3) is 0.333. The van der Waals surface area contributed by atoms with Crippen LogP contribution in [0.2, 0.25) is 0 Å². The molecule has 1 aliphatic rings. The molecule has 11 heteroatoms. The van der Waals surface area contributed by atoms with Crippen LogP contribution in [0.5, 0.6) is 0 Å². The van der Waals surface area contributed by atoms with Crippen molar-refractivity contribution in [2.24, 2.45) is 5.73 Å². The number of rotatable bonds is 7. The molecule has 4 aromatic rings. The molecular formula is C33H34F5N5O. The van der Waals surface area contributed by atoms with Crippen LogP contribution in [0.25, 0.3) is 16.9 Å². The molecule has 5 rings (SSSR count). The van der Waals surface area contributed by atoms with Gasteiger partial charge in [-0.05, 0) is 61.6 Å². The van der Waals surface area contributed by atoms with E-state index >= 15 is 8.78 Å². The first-order valence-electron chi connectivity index (χ1n) is 14.5. The zero-order chi connectivity index (χ0) is 32.0. The summed E-state index contributed by atoms with van der Waals surface area (Å²) in [6, 6.07) is 12.0. The first-order valence-corrected chi connectivity index (χ1v) is 14.5. The molecule has 1 aliphatic heterocycles. The summed E-state index contributed by atoms with van der Waals surface area (Å²) in [5.41, 5.74) is 8.02. The lowest BCUT2D eigenvalue weighted by Crippen LogP contribution is -2.44. The number of aryl methyl sites for hydroxylation is 2. The van der Waals surface area contributed by atoms with Crippen molar-refractivity contribution in [1.82, 2.24) is 14.7 Å². The van der Waals surface area contributed by atoms with Crippen LogP contribution in [0.15, 0.2) is 54.6 Å². The Morgan fingerprint density at radius 2 is 1.59 bits per heavy atom. The van der Waals surface area contributed by atoms with Crippen LogP contribution in [0.4, 0.5) is 32.4 Å². The zero-order valence-corrected chi connectivity index (χ0v) is 24.9. The number of hydrogen-bond donors (Lipinski definition) is 2. The minimum atomic E-state index is -4.49. The van der Waals surface area contributed by atoms with Gasteiger partial charge in [0.25, 0.3) is 0 Å². The molecular weight excluding hydrogens is 577 g/mol. The predicted octanol–water partition coefficient (Wildman–Crippen LogP) is 7.75. The van der Waals surface area contributed by atoms with E-state index < -0.39 is 40.6 Å². The second-order valence-corrected chi connectivity index (χ2v) is 11.4. The molecule has 0 fully saturated rings. The average molecular weight is 612 g/mol. The highest BCUT2D eigenvalue weighted by Crippen LogP contribution is 2.41. The highest BCUT2D eigenvalue weighted by Gasteiger charge is 2.38. The van der Waals surface area contributed by atoms with Crippen LogP contribution >= 0.6 is 0 Å². The molecule has 3 N–H and O–H groups in total. The molecule has 44 heavy (non-hydrogen) atoms. The van der Waals surface area contributed by atoms with E-state index in [0.717, 1.165) is 41.1 Å². The fourth-order valence-corrected chi connectivity index (χ4v) is 5.99. The topological polar surface area (TPSA) is 76.2 Å².